The Morgan fingerprint density at radius 2 is 1.94 bits per heavy atom. The summed E-state index contributed by atoms with van der Waals surface area (Å²) in [4.78, 5) is 0. The van der Waals surface area contributed by atoms with Gasteiger partial charge in [0.2, 0.25) is 0 Å². The Hall–Kier alpha value is -1.02. The van der Waals surface area contributed by atoms with Crippen LogP contribution in [-0.2, 0) is 6.42 Å². The van der Waals surface area contributed by atoms with Crippen molar-refractivity contribution in [1.29, 1.82) is 0 Å². The van der Waals surface area contributed by atoms with Crippen LogP contribution in [0, 0.1) is 0 Å². The average molecular weight is 219 g/mol. The van der Waals surface area contributed by atoms with Crippen LogP contribution in [0.2, 0.25) is 0 Å². The van der Waals surface area contributed by atoms with Crippen LogP contribution in [0.25, 0.3) is 0 Å². The molecule has 2 heteroatoms. The van der Waals surface area contributed by atoms with E-state index in [2.05, 4.69) is 30.4 Å². The van der Waals surface area contributed by atoms with Gasteiger partial charge in [0.25, 0.3) is 0 Å². The molecule has 1 fully saturated rings. The molecular formula is C14H21NO. The van der Waals surface area contributed by atoms with Gasteiger partial charge in [-0.3, -0.25) is 0 Å². The number of hydrogen-bond donors (Lipinski definition) is 2. The van der Waals surface area contributed by atoms with Crippen LogP contribution in [0.4, 0.5) is 5.69 Å². The van der Waals surface area contributed by atoms with E-state index in [4.69, 9.17) is 0 Å². The molecule has 1 aromatic rings. The highest BCUT2D eigenvalue weighted by molar-refractivity contribution is 5.51. The standard InChI is InChI=1S/C14H21NO/c1-2-12-7-3-4-8-13(12)15-11-14(16)9-5-6-10-14/h3-4,7-8,15-16H,2,5-6,9-11H2,1H3. The Morgan fingerprint density at radius 1 is 1.25 bits per heavy atom. The molecule has 0 aromatic heterocycles. The number of benzene rings is 1. The lowest BCUT2D eigenvalue weighted by molar-refractivity contribution is 0.0614. The molecule has 0 amide bonds. The number of anilines is 1. The minimum Gasteiger partial charge on any atom is -0.388 e. The summed E-state index contributed by atoms with van der Waals surface area (Å²) >= 11 is 0. The SMILES string of the molecule is CCc1ccccc1NCC1(O)CCCC1. The summed E-state index contributed by atoms with van der Waals surface area (Å²) in [6.07, 6.45) is 5.23. The molecule has 0 spiro atoms. The Balaban J connectivity index is 1.98. The summed E-state index contributed by atoms with van der Waals surface area (Å²) in [5.41, 5.74) is 2.02. The predicted octanol–water partition coefficient (Wildman–Crippen LogP) is 2.97. The van der Waals surface area contributed by atoms with Crippen LogP contribution in [-0.4, -0.2) is 17.3 Å². The summed E-state index contributed by atoms with van der Waals surface area (Å²) in [6.45, 7) is 2.84. The van der Waals surface area contributed by atoms with Crippen LogP contribution in [0.5, 0.6) is 0 Å². The van der Waals surface area contributed by atoms with E-state index in [9.17, 15) is 5.11 Å². The zero-order chi connectivity index (χ0) is 11.4. The minimum absolute atomic E-state index is 0.471. The molecule has 1 saturated carbocycles. The van der Waals surface area contributed by atoms with E-state index >= 15 is 0 Å². The number of hydrogen-bond acceptors (Lipinski definition) is 2. The molecule has 1 aliphatic rings. The van der Waals surface area contributed by atoms with E-state index in [1.54, 1.807) is 0 Å². The largest absolute Gasteiger partial charge is 0.388 e. The van der Waals surface area contributed by atoms with E-state index in [0.29, 0.717) is 6.54 Å². The number of aryl methyl sites for hydroxylation is 1. The number of para-hydroxylation sites is 1. The second kappa shape index (κ2) is 4.88. The van der Waals surface area contributed by atoms with Crippen molar-refractivity contribution in [2.24, 2.45) is 0 Å². The lowest BCUT2D eigenvalue weighted by Crippen LogP contribution is -2.33. The van der Waals surface area contributed by atoms with Gasteiger partial charge in [0, 0.05) is 12.2 Å². The van der Waals surface area contributed by atoms with Crippen LogP contribution in [0.3, 0.4) is 0 Å². The second-order valence-corrected chi connectivity index (χ2v) is 4.80. The van der Waals surface area contributed by atoms with Crippen molar-refractivity contribution in [1.82, 2.24) is 0 Å². The van der Waals surface area contributed by atoms with Crippen molar-refractivity contribution in [2.75, 3.05) is 11.9 Å². The maximum atomic E-state index is 10.3. The average Bonchev–Trinajstić information content (AvgIpc) is 2.74. The molecular weight excluding hydrogens is 198 g/mol. The topological polar surface area (TPSA) is 32.3 Å². The number of rotatable bonds is 4. The lowest BCUT2D eigenvalue weighted by Gasteiger charge is -2.23. The van der Waals surface area contributed by atoms with Gasteiger partial charge in [0.05, 0.1) is 5.60 Å². The molecule has 0 aliphatic heterocycles. The number of nitrogens with one attached hydrogen (secondary N) is 1. The third-order valence-corrected chi connectivity index (χ3v) is 3.54. The Morgan fingerprint density at radius 3 is 2.62 bits per heavy atom. The highest BCUT2D eigenvalue weighted by Crippen LogP contribution is 2.30. The molecule has 88 valence electrons. The predicted molar refractivity (Wildman–Crippen MR) is 67.7 cm³/mol. The van der Waals surface area contributed by atoms with Gasteiger partial charge in [-0.25, -0.2) is 0 Å². The van der Waals surface area contributed by atoms with Crippen LogP contribution >= 0.6 is 0 Å². The Labute approximate surface area is 97.7 Å². The molecule has 0 heterocycles. The van der Waals surface area contributed by atoms with E-state index in [1.807, 2.05) is 6.07 Å². The van der Waals surface area contributed by atoms with Crippen molar-refractivity contribution in [3.63, 3.8) is 0 Å². The van der Waals surface area contributed by atoms with E-state index in [-0.39, 0.29) is 0 Å². The first-order valence-electron chi connectivity index (χ1n) is 6.28. The van der Waals surface area contributed by atoms with E-state index < -0.39 is 5.60 Å². The molecule has 2 nitrogen and oxygen atoms in total. The first-order chi connectivity index (χ1) is 7.73. The van der Waals surface area contributed by atoms with Gasteiger partial charge in [-0.2, -0.15) is 0 Å². The van der Waals surface area contributed by atoms with E-state index in [1.165, 1.54) is 11.3 Å². The molecule has 0 radical (unpaired) electrons. The highest BCUT2D eigenvalue weighted by atomic mass is 16.3. The molecule has 1 aliphatic carbocycles. The van der Waals surface area contributed by atoms with Gasteiger partial charge < -0.3 is 10.4 Å². The Kier molecular flexibility index (Phi) is 3.49. The van der Waals surface area contributed by atoms with Gasteiger partial charge >= 0.3 is 0 Å². The highest BCUT2D eigenvalue weighted by Gasteiger charge is 2.30. The van der Waals surface area contributed by atoms with Crippen molar-refractivity contribution >= 4 is 5.69 Å². The lowest BCUT2D eigenvalue weighted by atomic mass is 10.0. The van der Waals surface area contributed by atoms with Gasteiger partial charge in [0.1, 0.15) is 0 Å². The monoisotopic (exact) mass is 219 g/mol. The fourth-order valence-electron chi connectivity index (χ4n) is 2.47. The minimum atomic E-state index is -0.471. The summed E-state index contributed by atoms with van der Waals surface area (Å²) in [5.74, 6) is 0. The van der Waals surface area contributed by atoms with Gasteiger partial charge in [-0.05, 0) is 30.9 Å². The molecule has 0 unspecified atom stereocenters. The number of aliphatic hydroxyl groups is 1. The van der Waals surface area contributed by atoms with Crippen molar-refractivity contribution < 1.29 is 5.11 Å². The van der Waals surface area contributed by atoms with Gasteiger partial charge in [-0.15, -0.1) is 0 Å². The maximum Gasteiger partial charge on any atom is 0.0819 e. The molecule has 2 rings (SSSR count). The van der Waals surface area contributed by atoms with Crippen LogP contribution in [0.1, 0.15) is 38.2 Å². The molecule has 2 N–H and O–H groups in total. The van der Waals surface area contributed by atoms with Crippen LogP contribution in [0.15, 0.2) is 24.3 Å². The molecule has 0 saturated heterocycles. The zero-order valence-corrected chi connectivity index (χ0v) is 10.00. The quantitative estimate of drug-likeness (QED) is 0.816. The fourth-order valence-corrected chi connectivity index (χ4v) is 2.47. The maximum absolute atomic E-state index is 10.3. The first kappa shape index (κ1) is 11.5. The van der Waals surface area contributed by atoms with Crippen molar-refractivity contribution in [3.8, 4) is 0 Å². The fraction of sp³-hybridized carbons (Fsp3) is 0.571. The zero-order valence-electron chi connectivity index (χ0n) is 10.00. The normalized spacial score (nSPS) is 18.6. The third kappa shape index (κ3) is 2.56. The Bertz CT molecular complexity index is 342. The second-order valence-electron chi connectivity index (χ2n) is 4.80. The molecule has 0 bridgehead atoms. The molecule has 0 atom stereocenters. The van der Waals surface area contributed by atoms with Crippen molar-refractivity contribution in [2.45, 2.75) is 44.6 Å². The van der Waals surface area contributed by atoms with Crippen molar-refractivity contribution in [3.05, 3.63) is 29.8 Å². The molecule has 1 aromatic carbocycles. The summed E-state index contributed by atoms with van der Waals surface area (Å²) in [6, 6.07) is 8.34. The van der Waals surface area contributed by atoms with Crippen LogP contribution < -0.4 is 5.32 Å². The van der Waals surface area contributed by atoms with Gasteiger partial charge in [-0.1, -0.05) is 38.0 Å². The summed E-state index contributed by atoms with van der Waals surface area (Å²) in [7, 11) is 0. The first-order valence-corrected chi connectivity index (χ1v) is 6.28. The summed E-state index contributed by atoms with van der Waals surface area (Å²) in [5, 5.41) is 13.7. The van der Waals surface area contributed by atoms with Gasteiger partial charge in [0.15, 0.2) is 0 Å². The molecule has 16 heavy (non-hydrogen) atoms. The smallest absolute Gasteiger partial charge is 0.0819 e. The third-order valence-electron chi connectivity index (χ3n) is 3.54. The van der Waals surface area contributed by atoms with E-state index in [0.717, 1.165) is 32.1 Å². The summed E-state index contributed by atoms with van der Waals surface area (Å²) < 4.78 is 0.